The van der Waals surface area contributed by atoms with Crippen LogP contribution in [0.5, 0.6) is 0 Å². The van der Waals surface area contributed by atoms with E-state index in [0.717, 1.165) is 16.9 Å². The van der Waals surface area contributed by atoms with Crippen molar-refractivity contribution >= 4 is 38.8 Å². The van der Waals surface area contributed by atoms with Crippen molar-refractivity contribution in [2.45, 2.75) is 20.3 Å². The molecule has 0 aliphatic carbocycles. The first-order valence-electron chi connectivity index (χ1n) is 8.99. The molecule has 0 bridgehead atoms. The molecular formula is C21H18FN3O2S. The van der Waals surface area contributed by atoms with Gasteiger partial charge in [-0.25, -0.2) is 9.37 Å². The second kappa shape index (κ2) is 7.16. The summed E-state index contributed by atoms with van der Waals surface area (Å²) >= 11 is 1.16. The molecule has 1 amide bonds. The van der Waals surface area contributed by atoms with E-state index in [1.807, 2.05) is 19.9 Å². The van der Waals surface area contributed by atoms with Gasteiger partial charge in [-0.2, -0.15) is 0 Å². The van der Waals surface area contributed by atoms with Crippen LogP contribution in [0.25, 0.3) is 15.9 Å². The third-order valence-corrected chi connectivity index (χ3v) is 5.59. The molecule has 0 aliphatic heterocycles. The SMILES string of the molecule is CCCN(C(=O)c1cc2c(=O)n3cccc(C)c3nc2s1)c1ccccc1F. The molecule has 3 heterocycles. The summed E-state index contributed by atoms with van der Waals surface area (Å²) in [6.45, 7) is 4.19. The monoisotopic (exact) mass is 395 g/mol. The van der Waals surface area contributed by atoms with Crippen LogP contribution in [0.4, 0.5) is 10.1 Å². The molecule has 0 aliphatic rings. The highest BCUT2D eigenvalue weighted by atomic mass is 32.1. The molecule has 0 saturated carbocycles. The van der Waals surface area contributed by atoms with Crippen LogP contribution in [-0.2, 0) is 0 Å². The summed E-state index contributed by atoms with van der Waals surface area (Å²) in [6, 6.07) is 11.4. The maximum absolute atomic E-state index is 14.3. The molecule has 4 rings (SSSR count). The third-order valence-electron chi connectivity index (χ3n) is 4.58. The van der Waals surface area contributed by atoms with Crippen molar-refractivity contribution in [1.29, 1.82) is 0 Å². The van der Waals surface area contributed by atoms with E-state index in [-0.39, 0.29) is 17.2 Å². The molecule has 0 N–H and O–H groups in total. The molecule has 0 fully saturated rings. The van der Waals surface area contributed by atoms with Gasteiger partial charge < -0.3 is 4.90 Å². The number of aryl methyl sites for hydroxylation is 1. The Morgan fingerprint density at radius 2 is 2.04 bits per heavy atom. The Kier molecular flexibility index (Phi) is 4.68. The van der Waals surface area contributed by atoms with Crippen molar-refractivity contribution in [1.82, 2.24) is 9.38 Å². The van der Waals surface area contributed by atoms with Crippen LogP contribution in [0.15, 0.2) is 53.5 Å². The van der Waals surface area contributed by atoms with Gasteiger partial charge in [0.25, 0.3) is 11.5 Å². The minimum atomic E-state index is -0.454. The molecule has 0 atom stereocenters. The number of carbonyl (C=O) groups is 1. The number of carbonyl (C=O) groups excluding carboxylic acids is 1. The first-order valence-corrected chi connectivity index (χ1v) is 9.81. The van der Waals surface area contributed by atoms with Gasteiger partial charge in [0.1, 0.15) is 16.3 Å². The Labute approximate surface area is 164 Å². The first kappa shape index (κ1) is 18.3. The smallest absolute Gasteiger partial charge is 0.268 e. The number of aromatic nitrogens is 2. The van der Waals surface area contributed by atoms with E-state index in [2.05, 4.69) is 4.98 Å². The number of para-hydroxylation sites is 1. The Hall–Kier alpha value is -3.06. The Bertz CT molecular complexity index is 1260. The summed E-state index contributed by atoms with van der Waals surface area (Å²) < 4.78 is 15.8. The number of rotatable bonds is 4. The van der Waals surface area contributed by atoms with Crippen molar-refractivity contribution in [3.8, 4) is 0 Å². The van der Waals surface area contributed by atoms with Crippen molar-refractivity contribution in [2.24, 2.45) is 0 Å². The standard InChI is InChI=1S/C21H18FN3O2S/c1-3-10-24(16-9-5-4-8-15(16)22)21(27)17-12-14-19(28-17)23-18-13(2)7-6-11-25(18)20(14)26/h4-9,11-12H,3,10H2,1-2H3. The fraction of sp³-hybridized carbons (Fsp3) is 0.190. The molecule has 142 valence electrons. The summed E-state index contributed by atoms with van der Waals surface area (Å²) in [4.78, 5) is 32.9. The fourth-order valence-electron chi connectivity index (χ4n) is 3.22. The Balaban J connectivity index is 1.86. The molecule has 0 spiro atoms. The van der Waals surface area contributed by atoms with Crippen LogP contribution in [-0.4, -0.2) is 21.8 Å². The summed E-state index contributed by atoms with van der Waals surface area (Å²) in [5, 5.41) is 0.390. The highest BCUT2D eigenvalue weighted by Crippen LogP contribution is 2.27. The minimum Gasteiger partial charge on any atom is -0.305 e. The number of hydrogen-bond acceptors (Lipinski definition) is 4. The average Bonchev–Trinajstić information content (AvgIpc) is 3.12. The molecule has 0 saturated heterocycles. The maximum atomic E-state index is 14.3. The molecule has 0 radical (unpaired) electrons. The van der Waals surface area contributed by atoms with Crippen LogP contribution in [0.1, 0.15) is 28.6 Å². The largest absolute Gasteiger partial charge is 0.305 e. The Morgan fingerprint density at radius 1 is 1.25 bits per heavy atom. The van der Waals surface area contributed by atoms with Crippen LogP contribution in [0.3, 0.4) is 0 Å². The van der Waals surface area contributed by atoms with E-state index in [4.69, 9.17) is 0 Å². The van der Waals surface area contributed by atoms with E-state index >= 15 is 0 Å². The third kappa shape index (κ3) is 2.97. The number of halogens is 1. The Morgan fingerprint density at radius 3 is 2.79 bits per heavy atom. The highest BCUT2D eigenvalue weighted by Gasteiger charge is 2.23. The quantitative estimate of drug-likeness (QED) is 0.514. The van der Waals surface area contributed by atoms with E-state index in [1.165, 1.54) is 15.4 Å². The fourth-order valence-corrected chi connectivity index (χ4v) is 4.19. The first-order chi connectivity index (χ1) is 13.5. The van der Waals surface area contributed by atoms with Gasteiger partial charge in [-0.15, -0.1) is 11.3 Å². The van der Waals surface area contributed by atoms with Gasteiger partial charge in [-0.3, -0.25) is 14.0 Å². The zero-order chi connectivity index (χ0) is 19.8. The minimum absolute atomic E-state index is 0.216. The maximum Gasteiger partial charge on any atom is 0.268 e. The molecular weight excluding hydrogens is 377 g/mol. The number of benzene rings is 1. The number of thiophene rings is 1. The van der Waals surface area contributed by atoms with Gasteiger partial charge in [-0.05, 0) is 43.2 Å². The van der Waals surface area contributed by atoms with E-state index in [1.54, 1.807) is 36.5 Å². The van der Waals surface area contributed by atoms with Gasteiger partial charge in [0.15, 0.2) is 0 Å². The van der Waals surface area contributed by atoms with Crippen molar-refractivity contribution in [2.75, 3.05) is 11.4 Å². The number of amides is 1. The average molecular weight is 395 g/mol. The lowest BCUT2D eigenvalue weighted by atomic mass is 10.2. The normalized spacial score (nSPS) is 11.2. The number of hydrogen-bond donors (Lipinski definition) is 0. The van der Waals surface area contributed by atoms with Gasteiger partial charge in [0.05, 0.1) is 16.0 Å². The molecule has 7 heteroatoms. The van der Waals surface area contributed by atoms with Gasteiger partial charge in [0, 0.05) is 12.7 Å². The predicted octanol–water partition coefficient (Wildman–Crippen LogP) is 4.41. The molecule has 4 aromatic rings. The van der Waals surface area contributed by atoms with Crippen LogP contribution < -0.4 is 10.5 Å². The summed E-state index contributed by atoms with van der Waals surface area (Å²) in [7, 11) is 0. The van der Waals surface area contributed by atoms with Crippen molar-refractivity contribution in [3.63, 3.8) is 0 Å². The molecule has 0 unspecified atom stereocenters. The number of fused-ring (bicyclic) bond motifs is 2. The van der Waals surface area contributed by atoms with Crippen LogP contribution in [0.2, 0.25) is 0 Å². The molecule has 28 heavy (non-hydrogen) atoms. The lowest BCUT2D eigenvalue weighted by Crippen LogP contribution is -2.31. The van der Waals surface area contributed by atoms with Crippen LogP contribution in [0, 0.1) is 12.7 Å². The second-order valence-corrected chi connectivity index (χ2v) is 7.57. The summed E-state index contributed by atoms with van der Waals surface area (Å²) in [5.41, 5.74) is 1.46. The van der Waals surface area contributed by atoms with E-state index in [0.29, 0.717) is 33.7 Å². The van der Waals surface area contributed by atoms with Crippen molar-refractivity contribution < 1.29 is 9.18 Å². The molecule has 5 nitrogen and oxygen atoms in total. The van der Waals surface area contributed by atoms with Gasteiger partial charge >= 0.3 is 0 Å². The lowest BCUT2D eigenvalue weighted by molar-refractivity contribution is 0.0990. The molecule has 1 aromatic carbocycles. The van der Waals surface area contributed by atoms with Gasteiger partial charge in [0.2, 0.25) is 0 Å². The topological polar surface area (TPSA) is 54.7 Å². The second-order valence-electron chi connectivity index (χ2n) is 6.54. The van der Waals surface area contributed by atoms with Crippen molar-refractivity contribution in [3.05, 3.63) is 75.3 Å². The number of pyridine rings is 1. The summed E-state index contributed by atoms with van der Waals surface area (Å²) in [5.74, 6) is -0.787. The van der Waals surface area contributed by atoms with Crippen LogP contribution >= 0.6 is 11.3 Å². The number of nitrogens with zero attached hydrogens (tertiary/aromatic N) is 3. The zero-order valence-electron chi connectivity index (χ0n) is 15.5. The van der Waals surface area contributed by atoms with Gasteiger partial charge in [-0.1, -0.05) is 25.1 Å². The number of anilines is 1. The summed E-state index contributed by atoms with van der Waals surface area (Å²) in [6.07, 6.45) is 2.34. The molecule has 3 aromatic heterocycles. The highest BCUT2D eigenvalue weighted by molar-refractivity contribution is 7.20. The predicted molar refractivity (Wildman–Crippen MR) is 110 cm³/mol. The van der Waals surface area contributed by atoms with E-state index < -0.39 is 5.82 Å². The zero-order valence-corrected chi connectivity index (χ0v) is 16.3. The lowest BCUT2D eigenvalue weighted by Gasteiger charge is -2.22. The van der Waals surface area contributed by atoms with E-state index in [9.17, 15) is 14.0 Å².